The Morgan fingerprint density at radius 1 is 1.30 bits per heavy atom. The Morgan fingerprint density at radius 2 is 2.00 bits per heavy atom. The van der Waals surface area contributed by atoms with Gasteiger partial charge in [0.25, 0.3) is 0 Å². The highest BCUT2D eigenvalue weighted by atomic mass is 35.5. The molecule has 1 aromatic rings. The molecule has 0 saturated carbocycles. The van der Waals surface area contributed by atoms with Crippen molar-refractivity contribution in [2.24, 2.45) is 4.99 Å². The first-order valence-electron chi connectivity index (χ1n) is 6.05. The summed E-state index contributed by atoms with van der Waals surface area (Å²) >= 11 is 13.7. The van der Waals surface area contributed by atoms with E-state index >= 15 is 0 Å². The number of benzene rings is 1. The minimum atomic E-state index is -2.89. The molecule has 0 spiro atoms. The molecule has 0 aliphatic carbocycles. The van der Waals surface area contributed by atoms with Gasteiger partial charge in [-0.25, -0.2) is 8.42 Å². The molecule has 0 aromatic heterocycles. The minimum absolute atomic E-state index is 0.0227. The van der Waals surface area contributed by atoms with Gasteiger partial charge >= 0.3 is 0 Å². The van der Waals surface area contributed by atoms with E-state index in [1.807, 2.05) is 0 Å². The van der Waals surface area contributed by atoms with Crippen LogP contribution in [0.3, 0.4) is 0 Å². The number of rotatable bonds is 2. The van der Waals surface area contributed by atoms with Gasteiger partial charge in [0.15, 0.2) is 15.0 Å². The van der Waals surface area contributed by atoms with E-state index in [2.05, 4.69) is 10.3 Å². The molecule has 2 saturated heterocycles. The van der Waals surface area contributed by atoms with E-state index in [0.29, 0.717) is 16.6 Å². The third-order valence-corrected chi connectivity index (χ3v) is 7.24. The summed E-state index contributed by atoms with van der Waals surface area (Å²) in [7, 11) is -2.89. The van der Waals surface area contributed by atoms with E-state index < -0.39 is 9.84 Å². The molecule has 0 unspecified atom stereocenters. The number of fused-ring (bicyclic) bond motifs is 1. The van der Waals surface area contributed by atoms with Gasteiger partial charge in [0.2, 0.25) is 0 Å². The normalized spacial score (nSPS) is 29.4. The number of hydrogen-bond acceptors (Lipinski definition) is 4. The monoisotopic (exact) mass is 350 g/mol. The van der Waals surface area contributed by atoms with Crippen LogP contribution in [0, 0.1) is 0 Å². The molecule has 1 aromatic carbocycles. The van der Waals surface area contributed by atoms with E-state index in [9.17, 15) is 8.42 Å². The van der Waals surface area contributed by atoms with Gasteiger partial charge in [-0.15, -0.1) is 0 Å². The standard InChI is InChI=1S/C12H12Cl2N2O2S2/c13-8-2-1-3-9(14)7(8)4-15-12-16-10-5-20(17,18)6-11(10)19-12/h1-3,10-11H,4-6H2,(H,15,16)/t10-,11+/m0/s1. The Labute approximate surface area is 131 Å². The second-order valence-corrected chi connectivity index (χ2v) is 9.00. The number of thioether (sulfide) groups is 1. The van der Waals surface area contributed by atoms with Crippen LogP contribution in [0.2, 0.25) is 10.0 Å². The first-order chi connectivity index (χ1) is 9.44. The van der Waals surface area contributed by atoms with Gasteiger partial charge in [0, 0.05) is 20.9 Å². The van der Waals surface area contributed by atoms with Crippen LogP contribution in [-0.4, -0.2) is 36.4 Å². The maximum absolute atomic E-state index is 11.5. The Hall–Kier alpha value is -0.430. The van der Waals surface area contributed by atoms with Crippen molar-refractivity contribution in [3.8, 4) is 0 Å². The zero-order valence-electron chi connectivity index (χ0n) is 10.3. The van der Waals surface area contributed by atoms with Gasteiger partial charge in [-0.05, 0) is 12.1 Å². The lowest BCUT2D eigenvalue weighted by Gasteiger charge is -2.06. The van der Waals surface area contributed by atoms with Crippen LogP contribution >= 0.6 is 35.0 Å². The summed E-state index contributed by atoms with van der Waals surface area (Å²) in [5.74, 6) is 0.414. The van der Waals surface area contributed by atoms with E-state index in [0.717, 1.165) is 10.7 Å². The average molecular weight is 351 g/mol. The molecule has 2 heterocycles. The minimum Gasteiger partial charge on any atom is -0.360 e. The smallest absolute Gasteiger partial charge is 0.157 e. The lowest BCUT2D eigenvalue weighted by molar-refractivity contribution is 0.600. The molecule has 1 N–H and O–H groups in total. The Morgan fingerprint density at radius 3 is 2.65 bits per heavy atom. The van der Waals surface area contributed by atoms with Crippen molar-refractivity contribution in [3.63, 3.8) is 0 Å². The highest BCUT2D eigenvalue weighted by Crippen LogP contribution is 2.32. The fourth-order valence-corrected chi connectivity index (χ4v) is 6.56. The van der Waals surface area contributed by atoms with Gasteiger partial charge in [0.05, 0.1) is 24.1 Å². The summed E-state index contributed by atoms with van der Waals surface area (Å²) in [5, 5.41) is 5.19. The van der Waals surface area contributed by atoms with Crippen molar-refractivity contribution < 1.29 is 8.42 Å². The van der Waals surface area contributed by atoms with Gasteiger partial charge in [-0.1, -0.05) is 41.0 Å². The van der Waals surface area contributed by atoms with Crippen LogP contribution in [0.25, 0.3) is 0 Å². The molecule has 8 heteroatoms. The molecular formula is C12H12Cl2N2O2S2. The van der Waals surface area contributed by atoms with Crippen LogP contribution in [0.1, 0.15) is 5.56 Å². The first kappa shape index (κ1) is 14.5. The molecule has 20 heavy (non-hydrogen) atoms. The molecular weight excluding hydrogens is 339 g/mol. The van der Waals surface area contributed by atoms with Crippen molar-refractivity contribution in [1.82, 2.24) is 5.32 Å². The topological polar surface area (TPSA) is 58.5 Å². The van der Waals surface area contributed by atoms with Crippen LogP contribution < -0.4 is 5.32 Å². The van der Waals surface area contributed by atoms with E-state index in [1.165, 1.54) is 11.8 Å². The van der Waals surface area contributed by atoms with Crippen molar-refractivity contribution in [2.75, 3.05) is 11.5 Å². The number of halogens is 2. The van der Waals surface area contributed by atoms with Crippen molar-refractivity contribution in [1.29, 1.82) is 0 Å². The van der Waals surface area contributed by atoms with E-state index in [1.54, 1.807) is 18.2 Å². The van der Waals surface area contributed by atoms with Gasteiger partial charge < -0.3 is 5.32 Å². The zero-order valence-corrected chi connectivity index (χ0v) is 13.5. The highest BCUT2D eigenvalue weighted by Gasteiger charge is 2.43. The number of amidine groups is 1. The average Bonchev–Trinajstić information content (AvgIpc) is 2.81. The summed E-state index contributed by atoms with van der Waals surface area (Å²) in [4.78, 5) is 4.45. The fraction of sp³-hybridized carbons (Fsp3) is 0.417. The maximum atomic E-state index is 11.5. The van der Waals surface area contributed by atoms with Gasteiger partial charge in [-0.3, -0.25) is 4.99 Å². The van der Waals surface area contributed by atoms with Crippen molar-refractivity contribution in [2.45, 2.75) is 17.8 Å². The first-order valence-corrected chi connectivity index (χ1v) is 9.51. The quantitative estimate of drug-likeness (QED) is 0.889. The summed E-state index contributed by atoms with van der Waals surface area (Å²) in [5.41, 5.74) is 0.787. The molecule has 2 aliphatic rings. The maximum Gasteiger partial charge on any atom is 0.157 e. The molecule has 4 nitrogen and oxygen atoms in total. The number of sulfone groups is 1. The second kappa shape index (κ2) is 5.40. The SMILES string of the molecule is O=S1(=O)C[C@@H]2NC(=NCc3c(Cl)cccc3Cl)S[C@@H]2C1. The number of aliphatic imine (C=N–C) groups is 1. The predicted molar refractivity (Wildman–Crippen MR) is 84.6 cm³/mol. The molecule has 0 radical (unpaired) electrons. The Balaban J connectivity index is 1.71. The number of hydrogen-bond donors (Lipinski definition) is 1. The second-order valence-electron chi connectivity index (χ2n) is 4.81. The number of nitrogens with zero attached hydrogens (tertiary/aromatic N) is 1. The molecule has 2 aliphatic heterocycles. The summed E-state index contributed by atoms with van der Waals surface area (Å²) < 4.78 is 23.0. The molecule has 0 bridgehead atoms. The summed E-state index contributed by atoms with van der Waals surface area (Å²) in [6.45, 7) is 0.389. The summed E-state index contributed by atoms with van der Waals surface area (Å²) in [6.07, 6.45) is 0. The number of nitrogens with one attached hydrogen (secondary N) is 1. The van der Waals surface area contributed by atoms with Crippen LogP contribution in [0.15, 0.2) is 23.2 Å². The molecule has 3 rings (SSSR count). The van der Waals surface area contributed by atoms with Crippen molar-refractivity contribution >= 4 is 50.0 Å². The largest absolute Gasteiger partial charge is 0.360 e. The van der Waals surface area contributed by atoms with Gasteiger partial charge in [0.1, 0.15) is 0 Å². The highest BCUT2D eigenvalue weighted by molar-refractivity contribution is 8.15. The molecule has 2 fully saturated rings. The van der Waals surface area contributed by atoms with Crippen LogP contribution in [0.5, 0.6) is 0 Å². The lowest BCUT2D eigenvalue weighted by Crippen LogP contribution is -2.31. The fourth-order valence-electron chi connectivity index (χ4n) is 2.32. The molecule has 0 amide bonds. The third-order valence-electron chi connectivity index (χ3n) is 3.31. The third kappa shape index (κ3) is 2.93. The van der Waals surface area contributed by atoms with Crippen LogP contribution in [0.4, 0.5) is 0 Å². The summed E-state index contributed by atoms with van der Waals surface area (Å²) in [6, 6.07) is 5.32. The molecule has 2 atom stereocenters. The van der Waals surface area contributed by atoms with E-state index in [4.69, 9.17) is 23.2 Å². The van der Waals surface area contributed by atoms with Gasteiger partial charge in [-0.2, -0.15) is 0 Å². The lowest BCUT2D eigenvalue weighted by atomic mass is 10.2. The molecule has 108 valence electrons. The Kier molecular flexibility index (Phi) is 3.92. The van der Waals surface area contributed by atoms with Crippen LogP contribution in [-0.2, 0) is 16.4 Å². The predicted octanol–water partition coefficient (Wildman–Crippen LogP) is 2.35. The van der Waals surface area contributed by atoms with Crippen molar-refractivity contribution in [3.05, 3.63) is 33.8 Å². The Bertz CT molecular complexity index is 634. The zero-order chi connectivity index (χ0) is 14.3. The van der Waals surface area contributed by atoms with E-state index in [-0.39, 0.29) is 22.8 Å².